The van der Waals surface area contributed by atoms with Crippen LogP contribution in [0.25, 0.3) is 10.6 Å². The average Bonchev–Trinajstić information content (AvgIpc) is 3.16. The van der Waals surface area contributed by atoms with E-state index in [9.17, 15) is 9.18 Å². The summed E-state index contributed by atoms with van der Waals surface area (Å²) in [5, 5.41) is 5.70. The number of hydrogen-bond donors (Lipinski definition) is 1. The van der Waals surface area contributed by atoms with Crippen molar-refractivity contribution in [2.45, 2.75) is 19.9 Å². The van der Waals surface area contributed by atoms with Crippen LogP contribution in [0.1, 0.15) is 15.4 Å². The van der Waals surface area contributed by atoms with Crippen LogP contribution in [-0.4, -0.2) is 10.9 Å². The Morgan fingerprint density at radius 3 is 2.83 bits per heavy atom. The summed E-state index contributed by atoms with van der Waals surface area (Å²) in [6.45, 7) is 2.13. The van der Waals surface area contributed by atoms with Crippen LogP contribution < -0.4 is 5.32 Å². The molecule has 2 heterocycles. The third-order valence-electron chi connectivity index (χ3n) is 3.31. The number of thiazole rings is 1. The Kier molecular flexibility index (Phi) is 4.83. The number of aromatic nitrogens is 1. The molecule has 0 fully saturated rings. The van der Waals surface area contributed by atoms with Crippen molar-refractivity contribution < 1.29 is 9.18 Å². The van der Waals surface area contributed by atoms with E-state index in [-0.39, 0.29) is 24.7 Å². The fourth-order valence-corrected chi connectivity index (χ4v) is 3.99. The lowest BCUT2D eigenvalue weighted by atomic mass is 10.2. The van der Waals surface area contributed by atoms with E-state index in [0.29, 0.717) is 5.56 Å². The summed E-state index contributed by atoms with van der Waals surface area (Å²) in [6, 6.07) is 10.4. The van der Waals surface area contributed by atoms with Crippen molar-refractivity contribution >= 4 is 28.6 Å². The molecule has 3 aromatic rings. The fourth-order valence-electron chi connectivity index (χ4n) is 2.24. The summed E-state index contributed by atoms with van der Waals surface area (Å²) in [7, 11) is 0. The van der Waals surface area contributed by atoms with Crippen LogP contribution in [-0.2, 0) is 17.8 Å². The maximum absolute atomic E-state index is 13.6. The molecule has 0 spiro atoms. The first kappa shape index (κ1) is 15.8. The Morgan fingerprint density at radius 2 is 2.09 bits per heavy atom. The highest BCUT2D eigenvalue weighted by Gasteiger charge is 2.15. The first-order valence-electron chi connectivity index (χ1n) is 7.14. The molecule has 0 saturated heterocycles. The minimum Gasteiger partial charge on any atom is -0.352 e. The van der Waals surface area contributed by atoms with Crippen LogP contribution >= 0.6 is 22.7 Å². The van der Waals surface area contributed by atoms with Crippen LogP contribution in [0.5, 0.6) is 0 Å². The van der Waals surface area contributed by atoms with Crippen LogP contribution in [0.2, 0.25) is 0 Å². The van der Waals surface area contributed by atoms with Gasteiger partial charge in [0.1, 0.15) is 5.82 Å². The summed E-state index contributed by atoms with van der Waals surface area (Å²) in [6.07, 6.45) is 0.257. The van der Waals surface area contributed by atoms with Gasteiger partial charge in [0.15, 0.2) is 0 Å². The quantitative estimate of drug-likeness (QED) is 0.753. The number of hydrogen-bond acceptors (Lipinski definition) is 4. The van der Waals surface area contributed by atoms with Gasteiger partial charge in [0.25, 0.3) is 0 Å². The molecule has 0 aliphatic rings. The van der Waals surface area contributed by atoms with E-state index in [0.717, 1.165) is 20.5 Å². The van der Waals surface area contributed by atoms with E-state index in [1.165, 1.54) is 17.4 Å². The molecule has 0 atom stereocenters. The second kappa shape index (κ2) is 7.02. The van der Waals surface area contributed by atoms with E-state index >= 15 is 0 Å². The van der Waals surface area contributed by atoms with Gasteiger partial charge in [-0.1, -0.05) is 24.3 Å². The summed E-state index contributed by atoms with van der Waals surface area (Å²) < 4.78 is 13.6. The molecule has 1 amide bonds. The van der Waals surface area contributed by atoms with E-state index in [4.69, 9.17) is 0 Å². The largest absolute Gasteiger partial charge is 0.352 e. The summed E-state index contributed by atoms with van der Waals surface area (Å²) in [5.41, 5.74) is 1.36. The van der Waals surface area contributed by atoms with Gasteiger partial charge in [-0.2, -0.15) is 0 Å². The number of nitrogens with one attached hydrogen (secondary N) is 1. The molecular formula is C17H15FN2OS2. The summed E-state index contributed by atoms with van der Waals surface area (Å²) in [4.78, 5) is 18.7. The number of nitrogens with zero attached hydrogens (tertiary/aromatic N) is 1. The molecule has 118 valence electrons. The molecule has 2 aromatic heterocycles. The van der Waals surface area contributed by atoms with Crippen LogP contribution in [0.4, 0.5) is 4.39 Å². The zero-order valence-corrected chi connectivity index (χ0v) is 14.1. The number of amides is 1. The van der Waals surface area contributed by atoms with Gasteiger partial charge in [0, 0.05) is 17.0 Å². The molecule has 1 N–H and O–H groups in total. The molecule has 6 heteroatoms. The number of carbonyl (C=O) groups is 1. The molecule has 23 heavy (non-hydrogen) atoms. The number of rotatable bonds is 5. The van der Waals surface area contributed by atoms with E-state index in [1.54, 1.807) is 29.5 Å². The maximum atomic E-state index is 13.6. The second-order valence-corrected chi connectivity index (χ2v) is 7.26. The number of thiophene rings is 1. The lowest BCUT2D eigenvalue weighted by Crippen LogP contribution is -2.24. The van der Waals surface area contributed by atoms with E-state index < -0.39 is 0 Å². The summed E-state index contributed by atoms with van der Waals surface area (Å²) >= 11 is 3.13. The van der Waals surface area contributed by atoms with Crippen molar-refractivity contribution in [2.24, 2.45) is 0 Å². The number of halogens is 1. The van der Waals surface area contributed by atoms with Gasteiger partial charge in [0.2, 0.25) is 5.91 Å². The van der Waals surface area contributed by atoms with Gasteiger partial charge in [-0.15, -0.1) is 22.7 Å². The standard InChI is InChI=1S/C17H15FN2OS2/c1-11-20-17(14-7-4-8-22-14)15(23-11)9-16(21)19-10-12-5-2-3-6-13(12)18/h2-8H,9-10H2,1H3,(H,19,21). The third-order valence-corrected chi connectivity index (χ3v) is 5.16. The molecular weight excluding hydrogens is 331 g/mol. The van der Waals surface area contributed by atoms with Crippen LogP contribution in [0, 0.1) is 12.7 Å². The number of aryl methyl sites for hydroxylation is 1. The summed E-state index contributed by atoms with van der Waals surface area (Å²) in [5.74, 6) is -0.435. The Hall–Kier alpha value is -2.05. The normalized spacial score (nSPS) is 10.7. The molecule has 0 saturated carbocycles. The number of benzene rings is 1. The SMILES string of the molecule is Cc1nc(-c2cccs2)c(CC(=O)NCc2ccccc2F)s1. The molecule has 0 unspecified atom stereocenters. The Balaban J connectivity index is 1.68. The maximum Gasteiger partial charge on any atom is 0.225 e. The first-order chi connectivity index (χ1) is 11.1. The van der Waals surface area contributed by atoms with Crippen molar-refractivity contribution in [3.05, 3.63) is 63.0 Å². The first-order valence-corrected chi connectivity index (χ1v) is 8.83. The van der Waals surface area contributed by atoms with Gasteiger partial charge >= 0.3 is 0 Å². The van der Waals surface area contributed by atoms with Crippen molar-refractivity contribution in [1.82, 2.24) is 10.3 Å². The van der Waals surface area contributed by atoms with Gasteiger partial charge in [0.05, 0.1) is 22.0 Å². The predicted octanol–water partition coefficient (Wildman–Crippen LogP) is 4.18. The molecule has 3 nitrogen and oxygen atoms in total. The minimum absolute atomic E-state index is 0.130. The van der Waals surface area contributed by atoms with Gasteiger partial charge < -0.3 is 5.32 Å². The van der Waals surface area contributed by atoms with Gasteiger partial charge in [-0.05, 0) is 24.4 Å². The highest BCUT2D eigenvalue weighted by atomic mass is 32.1. The second-order valence-electron chi connectivity index (χ2n) is 5.03. The zero-order valence-electron chi connectivity index (χ0n) is 12.5. The third kappa shape index (κ3) is 3.83. The highest BCUT2D eigenvalue weighted by Crippen LogP contribution is 2.31. The van der Waals surface area contributed by atoms with Crippen molar-refractivity contribution in [3.63, 3.8) is 0 Å². The Morgan fingerprint density at radius 1 is 1.26 bits per heavy atom. The van der Waals surface area contributed by atoms with Crippen LogP contribution in [0.3, 0.4) is 0 Å². The molecule has 3 rings (SSSR count). The zero-order chi connectivity index (χ0) is 16.2. The number of carbonyl (C=O) groups excluding carboxylic acids is 1. The topological polar surface area (TPSA) is 42.0 Å². The molecule has 0 aliphatic heterocycles. The molecule has 0 aliphatic carbocycles. The average molecular weight is 346 g/mol. The molecule has 0 radical (unpaired) electrons. The lowest BCUT2D eigenvalue weighted by molar-refractivity contribution is -0.120. The predicted molar refractivity (Wildman–Crippen MR) is 92.1 cm³/mol. The van der Waals surface area contributed by atoms with Gasteiger partial charge in [-0.25, -0.2) is 9.37 Å². The van der Waals surface area contributed by atoms with E-state index in [2.05, 4.69) is 10.3 Å². The monoisotopic (exact) mass is 346 g/mol. The smallest absolute Gasteiger partial charge is 0.225 e. The van der Waals surface area contributed by atoms with Crippen molar-refractivity contribution in [1.29, 1.82) is 0 Å². The van der Waals surface area contributed by atoms with Crippen molar-refractivity contribution in [2.75, 3.05) is 0 Å². The lowest BCUT2D eigenvalue weighted by Gasteiger charge is -2.06. The minimum atomic E-state index is -0.305. The fraction of sp³-hybridized carbons (Fsp3) is 0.176. The van der Waals surface area contributed by atoms with Crippen LogP contribution in [0.15, 0.2) is 41.8 Å². The van der Waals surface area contributed by atoms with Gasteiger partial charge in [-0.3, -0.25) is 4.79 Å². The van der Waals surface area contributed by atoms with E-state index in [1.807, 2.05) is 24.4 Å². The highest BCUT2D eigenvalue weighted by molar-refractivity contribution is 7.15. The Labute approximate surface area is 141 Å². The molecule has 1 aromatic carbocycles. The molecule has 0 bridgehead atoms. The van der Waals surface area contributed by atoms with Crippen molar-refractivity contribution in [3.8, 4) is 10.6 Å². The Bertz CT molecular complexity index is 812.